The Morgan fingerprint density at radius 1 is 1.33 bits per heavy atom. The van der Waals surface area contributed by atoms with Crippen LogP contribution in [0.25, 0.3) is 10.2 Å². The van der Waals surface area contributed by atoms with Gasteiger partial charge in [-0.3, -0.25) is 4.90 Å². The van der Waals surface area contributed by atoms with Crippen LogP contribution in [0.5, 0.6) is 0 Å². The molecular formula is C17H23N3S. The monoisotopic (exact) mass is 301 g/mol. The Balaban J connectivity index is 1.61. The number of thiazole rings is 1. The van der Waals surface area contributed by atoms with Crippen molar-refractivity contribution in [2.45, 2.75) is 50.7 Å². The molecule has 1 aromatic carbocycles. The number of piperazine rings is 1. The molecule has 1 saturated carbocycles. The van der Waals surface area contributed by atoms with Crippen LogP contribution in [-0.4, -0.2) is 34.6 Å². The summed E-state index contributed by atoms with van der Waals surface area (Å²) in [7, 11) is 0. The number of fused-ring (bicyclic) bond motifs is 1. The van der Waals surface area contributed by atoms with Gasteiger partial charge in [0.15, 0.2) is 0 Å². The zero-order chi connectivity index (χ0) is 14.3. The maximum Gasteiger partial charge on any atom is 0.108 e. The predicted molar refractivity (Wildman–Crippen MR) is 88.7 cm³/mol. The minimum Gasteiger partial charge on any atom is -0.311 e. The topological polar surface area (TPSA) is 28.2 Å². The number of hydrogen-bond donors (Lipinski definition) is 1. The maximum atomic E-state index is 4.84. The van der Waals surface area contributed by atoms with Crippen molar-refractivity contribution >= 4 is 21.6 Å². The summed E-state index contributed by atoms with van der Waals surface area (Å²) in [5, 5.41) is 4.97. The molecule has 0 bridgehead atoms. The Morgan fingerprint density at radius 2 is 2.14 bits per heavy atom. The van der Waals surface area contributed by atoms with Crippen LogP contribution < -0.4 is 5.32 Å². The molecule has 2 fully saturated rings. The van der Waals surface area contributed by atoms with Crippen LogP contribution >= 0.6 is 11.3 Å². The molecule has 1 atom stereocenters. The summed E-state index contributed by atoms with van der Waals surface area (Å²) in [4.78, 5) is 7.56. The van der Waals surface area contributed by atoms with Crippen molar-refractivity contribution < 1.29 is 0 Å². The summed E-state index contributed by atoms with van der Waals surface area (Å²) < 4.78 is 1.32. The van der Waals surface area contributed by atoms with Gasteiger partial charge in [0.05, 0.1) is 16.8 Å². The van der Waals surface area contributed by atoms with Crippen molar-refractivity contribution in [3.8, 4) is 0 Å². The molecule has 1 spiro atoms. The normalized spacial score (nSPS) is 25.9. The molecule has 4 rings (SSSR count). The Morgan fingerprint density at radius 3 is 2.95 bits per heavy atom. The molecule has 0 radical (unpaired) electrons. The Bertz CT molecular complexity index is 597. The quantitative estimate of drug-likeness (QED) is 0.921. The number of nitrogens with zero attached hydrogens (tertiary/aromatic N) is 2. The van der Waals surface area contributed by atoms with Crippen molar-refractivity contribution in [1.82, 2.24) is 15.2 Å². The van der Waals surface area contributed by atoms with Crippen molar-refractivity contribution in [3.05, 3.63) is 29.3 Å². The van der Waals surface area contributed by atoms with Gasteiger partial charge in [-0.1, -0.05) is 25.0 Å². The first kappa shape index (κ1) is 13.7. The largest absolute Gasteiger partial charge is 0.311 e. The summed E-state index contributed by atoms with van der Waals surface area (Å²) in [5.74, 6) is 0. The smallest absolute Gasteiger partial charge is 0.108 e. The van der Waals surface area contributed by atoms with Gasteiger partial charge in [0.25, 0.3) is 0 Å². The van der Waals surface area contributed by atoms with Crippen LogP contribution in [0.15, 0.2) is 24.3 Å². The van der Waals surface area contributed by atoms with Gasteiger partial charge in [0.2, 0.25) is 0 Å². The molecule has 1 saturated heterocycles. The van der Waals surface area contributed by atoms with E-state index in [1.807, 2.05) is 11.3 Å². The van der Waals surface area contributed by atoms with Crippen LogP contribution in [0, 0.1) is 0 Å². The number of rotatable bonds is 2. The lowest BCUT2D eigenvalue weighted by atomic mass is 9.91. The van der Waals surface area contributed by atoms with E-state index in [0.717, 1.165) is 25.2 Å². The van der Waals surface area contributed by atoms with Gasteiger partial charge in [0.1, 0.15) is 5.01 Å². The molecule has 1 aliphatic heterocycles. The SMILES string of the molecule is CC1CN(Cc2nc3ccccc3s2)C2(CCCC2)CN1. The Labute approximate surface area is 130 Å². The lowest BCUT2D eigenvalue weighted by Gasteiger charge is -2.47. The zero-order valence-electron chi connectivity index (χ0n) is 12.6. The second-order valence-electron chi connectivity index (χ2n) is 6.67. The average Bonchev–Trinajstić information content (AvgIpc) is 3.10. The van der Waals surface area contributed by atoms with E-state index in [9.17, 15) is 0 Å². The fraction of sp³-hybridized carbons (Fsp3) is 0.588. The minimum atomic E-state index is 0.393. The summed E-state index contributed by atoms with van der Waals surface area (Å²) in [5.41, 5.74) is 1.55. The van der Waals surface area contributed by atoms with E-state index >= 15 is 0 Å². The highest BCUT2D eigenvalue weighted by molar-refractivity contribution is 7.18. The van der Waals surface area contributed by atoms with Gasteiger partial charge in [0, 0.05) is 24.7 Å². The molecule has 0 amide bonds. The average molecular weight is 301 g/mol. The number of hydrogen-bond acceptors (Lipinski definition) is 4. The van der Waals surface area contributed by atoms with Gasteiger partial charge in [-0.25, -0.2) is 4.98 Å². The van der Waals surface area contributed by atoms with Gasteiger partial charge in [-0.15, -0.1) is 11.3 Å². The van der Waals surface area contributed by atoms with Crippen molar-refractivity contribution in [2.24, 2.45) is 0 Å². The lowest BCUT2D eigenvalue weighted by molar-refractivity contribution is 0.0393. The standard InChI is InChI=1S/C17H23N3S/c1-13-10-20(17(12-18-13)8-4-5-9-17)11-16-19-14-6-2-3-7-15(14)21-16/h2-3,6-7,13,18H,4-5,8-12H2,1H3. The van der Waals surface area contributed by atoms with Gasteiger partial charge in [-0.05, 0) is 31.9 Å². The van der Waals surface area contributed by atoms with Gasteiger partial charge in [-0.2, -0.15) is 0 Å². The van der Waals surface area contributed by atoms with Crippen LogP contribution in [0.1, 0.15) is 37.6 Å². The Hall–Kier alpha value is -0.970. The number of nitrogens with one attached hydrogen (secondary N) is 1. The molecule has 2 aromatic rings. The number of para-hydroxylation sites is 1. The first-order valence-corrected chi connectivity index (χ1v) is 8.90. The molecule has 3 nitrogen and oxygen atoms in total. The number of aromatic nitrogens is 1. The summed E-state index contributed by atoms with van der Waals surface area (Å²) in [6.07, 6.45) is 5.45. The highest BCUT2D eigenvalue weighted by Crippen LogP contribution is 2.38. The molecule has 2 heterocycles. The highest BCUT2D eigenvalue weighted by Gasteiger charge is 2.42. The molecule has 1 unspecified atom stereocenters. The summed E-state index contributed by atoms with van der Waals surface area (Å²) >= 11 is 1.86. The molecule has 112 valence electrons. The summed E-state index contributed by atoms with van der Waals surface area (Å²) in [6, 6.07) is 9.08. The maximum absolute atomic E-state index is 4.84. The third-order valence-electron chi connectivity index (χ3n) is 5.14. The van der Waals surface area contributed by atoms with E-state index in [4.69, 9.17) is 4.98 Å². The molecular weight excluding hydrogens is 278 g/mol. The molecule has 1 aromatic heterocycles. The summed E-state index contributed by atoms with van der Waals surface area (Å²) in [6.45, 7) is 5.62. The molecule has 1 aliphatic carbocycles. The van der Waals surface area contributed by atoms with E-state index in [0.29, 0.717) is 11.6 Å². The van der Waals surface area contributed by atoms with Crippen molar-refractivity contribution in [3.63, 3.8) is 0 Å². The van der Waals surface area contributed by atoms with E-state index in [-0.39, 0.29) is 0 Å². The fourth-order valence-electron chi connectivity index (χ4n) is 3.97. The van der Waals surface area contributed by atoms with E-state index in [1.54, 1.807) is 0 Å². The van der Waals surface area contributed by atoms with E-state index < -0.39 is 0 Å². The zero-order valence-corrected chi connectivity index (χ0v) is 13.5. The first-order valence-electron chi connectivity index (χ1n) is 8.08. The van der Waals surface area contributed by atoms with Gasteiger partial charge >= 0.3 is 0 Å². The van der Waals surface area contributed by atoms with E-state index in [1.165, 1.54) is 35.4 Å². The molecule has 1 N–H and O–H groups in total. The predicted octanol–water partition coefficient (Wildman–Crippen LogP) is 3.40. The first-order chi connectivity index (χ1) is 10.3. The molecule has 21 heavy (non-hydrogen) atoms. The number of benzene rings is 1. The van der Waals surface area contributed by atoms with Crippen molar-refractivity contribution in [2.75, 3.05) is 13.1 Å². The second-order valence-corrected chi connectivity index (χ2v) is 7.78. The van der Waals surface area contributed by atoms with Gasteiger partial charge < -0.3 is 5.32 Å². The van der Waals surface area contributed by atoms with Crippen LogP contribution in [0.2, 0.25) is 0 Å². The van der Waals surface area contributed by atoms with Crippen LogP contribution in [0.3, 0.4) is 0 Å². The lowest BCUT2D eigenvalue weighted by Crippen LogP contribution is -2.62. The second kappa shape index (κ2) is 5.34. The van der Waals surface area contributed by atoms with E-state index in [2.05, 4.69) is 41.4 Å². The molecule has 4 heteroatoms. The van der Waals surface area contributed by atoms with Crippen molar-refractivity contribution in [1.29, 1.82) is 0 Å². The van der Waals surface area contributed by atoms with Crippen LogP contribution in [0.4, 0.5) is 0 Å². The minimum absolute atomic E-state index is 0.393. The highest BCUT2D eigenvalue weighted by atomic mass is 32.1. The third kappa shape index (κ3) is 2.50. The van der Waals surface area contributed by atoms with Crippen LogP contribution in [-0.2, 0) is 6.54 Å². The third-order valence-corrected chi connectivity index (χ3v) is 6.16. The Kier molecular flexibility index (Phi) is 3.48. The fourth-order valence-corrected chi connectivity index (χ4v) is 4.96. The molecule has 2 aliphatic rings.